The van der Waals surface area contributed by atoms with Gasteiger partial charge in [0.05, 0.1) is 24.5 Å². The average Bonchev–Trinajstić information content (AvgIpc) is 3.31. The van der Waals surface area contributed by atoms with E-state index in [1.807, 2.05) is 31.2 Å². The molecule has 0 fully saturated rings. The van der Waals surface area contributed by atoms with Crippen LogP contribution in [0.2, 0.25) is 0 Å². The van der Waals surface area contributed by atoms with Gasteiger partial charge in [0, 0.05) is 12.2 Å². The summed E-state index contributed by atoms with van der Waals surface area (Å²) in [6, 6.07) is 13.1. The van der Waals surface area contributed by atoms with Crippen molar-refractivity contribution in [2.24, 2.45) is 0 Å². The van der Waals surface area contributed by atoms with Crippen molar-refractivity contribution in [3.63, 3.8) is 0 Å². The van der Waals surface area contributed by atoms with Gasteiger partial charge in [-0.15, -0.1) is 10.2 Å². The number of nitrogen functional groups attached to an aromatic ring is 1. The van der Waals surface area contributed by atoms with E-state index >= 15 is 0 Å². The largest absolute Gasteiger partial charge is 0.461 e. The number of aryl methyl sites for hydroxylation is 1. The molecule has 0 aliphatic carbocycles. The molecular formula is C18H18N6O2S. The maximum absolute atomic E-state index is 12.7. The molecule has 138 valence electrons. The van der Waals surface area contributed by atoms with Gasteiger partial charge in [-0.1, -0.05) is 29.5 Å². The van der Waals surface area contributed by atoms with E-state index in [4.69, 9.17) is 15.5 Å². The molecular weight excluding hydrogens is 364 g/mol. The van der Waals surface area contributed by atoms with E-state index in [-0.39, 0.29) is 18.1 Å². The third-order valence-corrected chi connectivity index (χ3v) is 4.75. The van der Waals surface area contributed by atoms with Gasteiger partial charge in [-0.3, -0.25) is 4.79 Å². The first-order valence-corrected chi connectivity index (χ1v) is 9.20. The fraction of sp³-hybridized carbons (Fsp3) is 0.222. The number of carbonyl (C=O) groups is 1. The molecule has 3 aromatic rings. The zero-order valence-corrected chi connectivity index (χ0v) is 15.5. The van der Waals surface area contributed by atoms with E-state index in [0.29, 0.717) is 23.3 Å². The van der Waals surface area contributed by atoms with Crippen LogP contribution in [-0.2, 0) is 4.79 Å². The van der Waals surface area contributed by atoms with Crippen molar-refractivity contribution in [3.8, 4) is 17.7 Å². The highest BCUT2D eigenvalue weighted by atomic mass is 32.2. The molecule has 2 N–H and O–H groups in total. The van der Waals surface area contributed by atoms with Gasteiger partial charge in [0.2, 0.25) is 16.9 Å². The molecule has 0 spiro atoms. The van der Waals surface area contributed by atoms with E-state index in [1.54, 1.807) is 17.0 Å². The topological polar surface area (TPSA) is 114 Å². The lowest BCUT2D eigenvalue weighted by Gasteiger charge is -2.21. The first kappa shape index (κ1) is 18.5. The molecule has 27 heavy (non-hydrogen) atoms. The lowest BCUT2D eigenvalue weighted by molar-refractivity contribution is -0.116. The molecule has 8 nitrogen and oxygen atoms in total. The maximum atomic E-state index is 12.7. The van der Waals surface area contributed by atoms with Crippen LogP contribution in [0.3, 0.4) is 0 Å². The van der Waals surface area contributed by atoms with Crippen LogP contribution in [-0.4, -0.2) is 33.1 Å². The molecule has 1 aromatic carbocycles. The fourth-order valence-corrected chi connectivity index (χ4v) is 3.17. The first-order valence-electron chi connectivity index (χ1n) is 8.21. The zero-order chi connectivity index (χ0) is 19.2. The summed E-state index contributed by atoms with van der Waals surface area (Å²) >= 11 is 1.18. The Morgan fingerprint density at radius 2 is 2.11 bits per heavy atom. The SMILES string of the molecule is Cc1ccc(N(CCC#N)C(=O)CSc2nnc(-c3ccco3)n2N)cc1. The minimum Gasteiger partial charge on any atom is -0.461 e. The molecule has 0 saturated heterocycles. The van der Waals surface area contributed by atoms with Crippen LogP contribution >= 0.6 is 11.8 Å². The van der Waals surface area contributed by atoms with Gasteiger partial charge in [0.25, 0.3) is 0 Å². The van der Waals surface area contributed by atoms with Gasteiger partial charge < -0.3 is 15.2 Å². The third kappa shape index (κ3) is 4.30. The molecule has 2 aromatic heterocycles. The quantitative estimate of drug-likeness (QED) is 0.493. The van der Waals surface area contributed by atoms with E-state index in [9.17, 15) is 4.79 Å². The normalized spacial score (nSPS) is 10.5. The van der Waals surface area contributed by atoms with Gasteiger partial charge in [0.15, 0.2) is 5.76 Å². The second-order valence-corrected chi connectivity index (χ2v) is 6.67. The molecule has 0 unspecified atom stereocenters. The van der Waals surface area contributed by atoms with Crippen LogP contribution in [0.25, 0.3) is 11.6 Å². The minimum atomic E-state index is -0.137. The number of rotatable bonds is 7. The van der Waals surface area contributed by atoms with Crippen LogP contribution < -0.4 is 10.7 Å². The number of nitrogens with zero attached hydrogens (tertiary/aromatic N) is 5. The number of aromatic nitrogens is 3. The van der Waals surface area contributed by atoms with E-state index in [2.05, 4.69) is 16.3 Å². The lowest BCUT2D eigenvalue weighted by Crippen LogP contribution is -2.33. The number of thioether (sulfide) groups is 1. The van der Waals surface area contributed by atoms with Crippen molar-refractivity contribution in [2.45, 2.75) is 18.5 Å². The summed E-state index contributed by atoms with van der Waals surface area (Å²) in [5.41, 5.74) is 1.86. The Bertz CT molecular complexity index is 943. The summed E-state index contributed by atoms with van der Waals surface area (Å²) < 4.78 is 6.56. The number of benzene rings is 1. The molecule has 0 atom stereocenters. The molecule has 9 heteroatoms. The number of nitriles is 1. The summed E-state index contributed by atoms with van der Waals surface area (Å²) in [7, 11) is 0. The van der Waals surface area contributed by atoms with Crippen LogP contribution in [0.15, 0.2) is 52.2 Å². The summed E-state index contributed by atoms with van der Waals surface area (Å²) in [5.74, 6) is 6.87. The summed E-state index contributed by atoms with van der Waals surface area (Å²) in [4.78, 5) is 14.3. The van der Waals surface area contributed by atoms with Crippen LogP contribution in [0.1, 0.15) is 12.0 Å². The number of nitrogens with two attached hydrogens (primary N) is 1. The van der Waals surface area contributed by atoms with E-state index < -0.39 is 0 Å². The van der Waals surface area contributed by atoms with Gasteiger partial charge in [0.1, 0.15) is 0 Å². The Morgan fingerprint density at radius 1 is 1.33 bits per heavy atom. The van der Waals surface area contributed by atoms with Crippen molar-refractivity contribution >= 4 is 23.4 Å². The highest BCUT2D eigenvalue weighted by Crippen LogP contribution is 2.23. The molecule has 0 saturated carbocycles. The lowest BCUT2D eigenvalue weighted by atomic mass is 10.2. The number of amides is 1. The van der Waals surface area contributed by atoms with E-state index in [1.165, 1.54) is 22.7 Å². The molecule has 0 aliphatic heterocycles. The van der Waals surface area contributed by atoms with Crippen molar-refractivity contribution < 1.29 is 9.21 Å². The number of hydrogen-bond acceptors (Lipinski definition) is 7. The van der Waals surface area contributed by atoms with Crippen LogP contribution in [0, 0.1) is 18.3 Å². The van der Waals surface area contributed by atoms with Crippen molar-refractivity contribution in [3.05, 3.63) is 48.2 Å². The maximum Gasteiger partial charge on any atom is 0.237 e. The van der Waals surface area contributed by atoms with Crippen molar-refractivity contribution in [1.82, 2.24) is 14.9 Å². The van der Waals surface area contributed by atoms with Crippen molar-refractivity contribution in [1.29, 1.82) is 5.26 Å². The number of furan rings is 1. The predicted molar refractivity (Wildman–Crippen MR) is 102 cm³/mol. The molecule has 0 bridgehead atoms. The third-order valence-electron chi connectivity index (χ3n) is 3.82. The highest BCUT2D eigenvalue weighted by molar-refractivity contribution is 7.99. The Hall–Kier alpha value is -3.25. The zero-order valence-electron chi connectivity index (χ0n) is 14.7. The molecule has 3 rings (SSSR count). The van der Waals surface area contributed by atoms with Gasteiger partial charge >= 0.3 is 0 Å². The molecule has 0 radical (unpaired) electrons. The monoisotopic (exact) mass is 382 g/mol. The smallest absolute Gasteiger partial charge is 0.237 e. The Balaban J connectivity index is 1.71. The minimum absolute atomic E-state index is 0.118. The fourth-order valence-electron chi connectivity index (χ4n) is 2.44. The summed E-state index contributed by atoms with van der Waals surface area (Å²) in [6.07, 6.45) is 1.77. The predicted octanol–water partition coefficient (Wildman–Crippen LogP) is 2.60. The average molecular weight is 382 g/mol. The van der Waals surface area contributed by atoms with Gasteiger partial charge in [-0.25, -0.2) is 4.68 Å². The number of carbonyl (C=O) groups excluding carboxylic acids is 1. The second-order valence-electron chi connectivity index (χ2n) is 5.73. The van der Waals surface area contributed by atoms with Gasteiger partial charge in [-0.05, 0) is 31.2 Å². The van der Waals surface area contributed by atoms with E-state index in [0.717, 1.165) is 11.3 Å². The molecule has 2 heterocycles. The number of anilines is 1. The Morgan fingerprint density at radius 3 is 2.78 bits per heavy atom. The Kier molecular flexibility index (Phi) is 5.78. The standard InChI is InChI=1S/C18H18N6O2S/c1-13-5-7-14(8-6-13)23(10-3-9-19)16(25)12-27-18-22-21-17(24(18)20)15-4-2-11-26-15/h2,4-8,11H,3,10,12,20H2,1H3. The Labute approximate surface area is 160 Å². The van der Waals surface area contributed by atoms with Gasteiger partial charge in [-0.2, -0.15) is 5.26 Å². The van der Waals surface area contributed by atoms with Crippen LogP contribution in [0.5, 0.6) is 0 Å². The van der Waals surface area contributed by atoms with Crippen LogP contribution in [0.4, 0.5) is 5.69 Å². The molecule has 0 aliphatic rings. The number of hydrogen-bond donors (Lipinski definition) is 1. The highest BCUT2D eigenvalue weighted by Gasteiger charge is 2.19. The first-order chi connectivity index (χ1) is 13.1. The second kappa shape index (κ2) is 8.42. The van der Waals surface area contributed by atoms with Crippen molar-refractivity contribution in [2.75, 3.05) is 23.0 Å². The summed E-state index contributed by atoms with van der Waals surface area (Å²) in [5, 5.41) is 17.3. The molecule has 1 amide bonds. The summed E-state index contributed by atoms with van der Waals surface area (Å²) in [6.45, 7) is 2.30.